The van der Waals surface area contributed by atoms with Crippen molar-refractivity contribution >= 4 is 27.3 Å². The van der Waals surface area contributed by atoms with Crippen molar-refractivity contribution in [3.05, 3.63) is 20.3 Å². The Balaban J connectivity index is 2.77. The molecule has 0 aliphatic rings. The van der Waals surface area contributed by atoms with E-state index in [0.717, 1.165) is 22.2 Å². The van der Waals surface area contributed by atoms with E-state index in [-0.39, 0.29) is 6.10 Å². The van der Waals surface area contributed by atoms with Gasteiger partial charge >= 0.3 is 0 Å². The summed E-state index contributed by atoms with van der Waals surface area (Å²) in [7, 11) is 0. The summed E-state index contributed by atoms with van der Waals surface area (Å²) in [5, 5.41) is 10.1. The largest absolute Gasteiger partial charge is 0.387 e. The van der Waals surface area contributed by atoms with E-state index < -0.39 is 0 Å². The molecule has 0 bridgehead atoms. The van der Waals surface area contributed by atoms with E-state index in [1.54, 1.807) is 11.3 Å². The van der Waals surface area contributed by atoms with Crippen molar-refractivity contribution < 1.29 is 5.11 Å². The van der Waals surface area contributed by atoms with E-state index in [1.165, 1.54) is 4.88 Å². The Morgan fingerprint density at radius 1 is 1.57 bits per heavy atom. The molecule has 1 N–H and O–H groups in total. The lowest BCUT2D eigenvalue weighted by Gasteiger charge is -2.17. The Labute approximate surface area is 98.3 Å². The third-order valence-electron chi connectivity index (χ3n) is 2.39. The fourth-order valence-electron chi connectivity index (χ4n) is 1.57. The van der Waals surface area contributed by atoms with Crippen LogP contribution in [0.5, 0.6) is 0 Å². The van der Waals surface area contributed by atoms with Crippen LogP contribution in [0.1, 0.15) is 42.5 Å². The average Bonchev–Trinajstić information content (AvgIpc) is 2.44. The molecule has 2 atom stereocenters. The molecule has 0 saturated carbocycles. The van der Waals surface area contributed by atoms with Crippen LogP contribution in [0.3, 0.4) is 0 Å². The Hall–Kier alpha value is 0.140. The SMILES string of the molecule is CCCC(C)C(O)c1sc(C)cc1Br. The van der Waals surface area contributed by atoms with Crippen molar-refractivity contribution in [2.45, 2.75) is 39.7 Å². The molecular weight excluding hydrogens is 260 g/mol. The number of rotatable bonds is 4. The predicted molar refractivity (Wildman–Crippen MR) is 65.8 cm³/mol. The highest BCUT2D eigenvalue weighted by Crippen LogP contribution is 2.36. The molecule has 0 amide bonds. The highest BCUT2D eigenvalue weighted by Gasteiger charge is 2.19. The number of aryl methyl sites for hydroxylation is 1. The molecule has 1 rings (SSSR count). The summed E-state index contributed by atoms with van der Waals surface area (Å²) in [6.45, 7) is 6.32. The fraction of sp³-hybridized carbons (Fsp3) is 0.636. The second-order valence-corrected chi connectivity index (χ2v) is 5.92. The number of thiophene rings is 1. The highest BCUT2D eigenvalue weighted by atomic mass is 79.9. The van der Waals surface area contributed by atoms with E-state index in [0.29, 0.717) is 5.92 Å². The molecule has 1 aromatic heterocycles. The van der Waals surface area contributed by atoms with Crippen LogP contribution >= 0.6 is 27.3 Å². The van der Waals surface area contributed by atoms with Crippen LogP contribution in [-0.4, -0.2) is 5.11 Å². The third-order valence-corrected chi connectivity index (χ3v) is 4.43. The lowest BCUT2D eigenvalue weighted by molar-refractivity contribution is 0.115. The smallest absolute Gasteiger partial charge is 0.0918 e. The highest BCUT2D eigenvalue weighted by molar-refractivity contribution is 9.10. The van der Waals surface area contributed by atoms with Gasteiger partial charge in [-0.25, -0.2) is 0 Å². The number of hydrogen-bond donors (Lipinski definition) is 1. The van der Waals surface area contributed by atoms with Crippen LogP contribution in [0.15, 0.2) is 10.5 Å². The van der Waals surface area contributed by atoms with Crippen LogP contribution in [-0.2, 0) is 0 Å². The zero-order valence-corrected chi connectivity index (χ0v) is 11.3. The summed E-state index contributed by atoms with van der Waals surface area (Å²) < 4.78 is 1.05. The molecule has 0 radical (unpaired) electrons. The number of hydrogen-bond acceptors (Lipinski definition) is 2. The topological polar surface area (TPSA) is 20.2 Å². The first-order valence-electron chi connectivity index (χ1n) is 5.00. The van der Waals surface area contributed by atoms with Gasteiger partial charge in [-0.2, -0.15) is 0 Å². The minimum atomic E-state index is -0.317. The van der Waals surface area contributed by atoms with Gasteiger partial charge in [-0.15, -0.1) is 11.3 Å². The van der Waals surface area contributed by atoms with Crippen molar-refractivity contribution in [2.24, 2.45) is 5.92 Å². The van der Waals surface area contributed by atoms with E-state index >= 15 is 0 Å². The summed E-state index contributed by atoms with van der Waals surface area (Å²) in [5.41, 5.74) is 0. The number of halogens is 1. The summed E-state index contributed by atoms with van der Waals surface area (Å²) in [6, 6.07) is 2.07. The van der Waals surface area contributed by atoms with Gasteiger partial charge in [0, 0.05) is 14.2 Å². The summed E-state index contributed by atoms with van der Waals surface area (Å²) >= 11 is 5.17. The van der Waals surface area contributed by atoms with Crippen LogP contribution < -0.4 is 0 Å². The van der Waals surface area contributed by atoms with E-state index in [1.807, 2.05) is 0 Å². The van der Waals surface area contributed by atoms with Crippen molar-refractivity contribution in [3.63, 3.8) is 0 Å². The maximum Gasteiger partial charge on any atom is 0.0918 e. The molecule has 0 aliphatic carbocycles. The fourth-order valence-corrected chi connectivity index (χ4v) is 3.58. The zero-order chi connectivity index (χ0) is 10.7. The van der Waals surface area contributed by atoms with Gasteiger partial charge in [-0.1, -0.05) is 20.3 Å². The first-order chi connectivity index (χ1) is 6.56. The standard InChI is InChI=1S/C11H17BrOS/c1-4-5-7(2)10(13)11-9(12)6-8(3)14-11/h6-7,10,13H,4-5H2,1-3H3. The van der Waals surface area contributed by atoms with Gasteiger partial charge in [0.2, 0.25) is 0 Å². The summed E-state index contributed by atoms with van der Waals surface area (Å²) in [5.74, 6) is 0.342. The van der Waals surface area contributed by atoms with Crippen LogP contribution in [0, 0.1) is 12.8 Å². The molecule has 80 valence electrons. The normalized spacial score (nSPS) is 15.5. The van der Waals surface area contributed by atoms with Crippen LogP contribution in [0.4, 0.5) is 0 Å². The molecule has 1 aromatic rings. The van der Waals surface area contributed by atoms with Crippen molar-refractivity contribution in [1.29, 1.82) is 0 Å². The summed E-state index contributed by atoms with van der Waals surface area (Å²) in [4.78, 5) is 2.32. The molecule has 0 aromatic carbocycles. The van der Waals surface area contributed by atoms with Gasteiger partial charge in [0.25, 0.3) is 0 Å². The Morgan fingerprint density at radius 3 is 2.64 bits per heavy atom. The van der Waals surface area contributed by atoms with E-state index in [4.69, 9.17) is 0 Å². The molecule has 1 heterocycles. The lowest BCUT2D eigenvalue weighted by atomic mass is 9.98. The first-order valence-corrected chi connectivity index (χ1v) is 6.61. The zero-order valence-electron chi connectivity index (χ0n) is 8.88. The Kier molecular flexibility index (Phi) is 4.61. The molecule has 14 heavy (non-hydrogen) atoms. The van der Waals surface area contributed by atoms with Gasteiger partial charge < -0.3 is 5.11 Å². The first kappa shape index (κ1) is 12.2. The molecule has 3 heteroatoms. The molecule has 0 fully saturated rings. The number of aliphatic hydroxyl groups excluding tert-OH is 1. The molecule has 1 nitrogen and oxygen atoms in total. The maximum atomic E-state index is 10.1. The Morgan fingerprint density at radius 2 is 2.21 bits per heavy atom. The van der Waals surface area contributed by atoms with Crippen molar-refractivity contribution in [2.75, 3.05) is 0 Å². The lowest BCUT2D eigenvalue weighted by Crippen LogP contribution is -2.07. The van der Waals surface area contributed by atoms with Gasteiger partial charge in [0.15, 0.2) is 0 Å². The average molecular weight is 277 g/mol. The monoisotopic (exact) mass is 276 g/mol. The third kappa shape index (κ3) is 2.81. The summed E-state index contributed by atoms with van der Waals surface area (Å²) in [6.07, 6.45) is 1.88. The Bertz CT molecular complexity index is 295. The van der Waals surface area contributed by atoms with Crippen molar-refractivity contribution in [3.8, 4) is 0 Å². The quantitative estimate of drug-likeness (QED) is 0.870. The van der Waals surface area contributed by atoms with E-state index in [2.05, 4.69) is 42.8 Å². The number of aliphatic hydroxyl groups is 1. The second-order valence-electron chi connectivity index (χ2n) is 3.78. The molecule has 2 unspecified atom stereocenters. The molecular formula is C11H17BrOS. The minimum Gasteiger partial charge on any atom is -0.387 e. The predicted octanol–water partition coefficient (Wildman–Crippen LogP) is 4.29. The molecule has 0 aliphatic heterocycles. The van der Waals surface area contributed by atoms with Gasteiger partial charge in [0.1, 0.15) is 0 Å². The van der Waals surface area contributed by atoms with Crippen LogP contribution in [0.25, 0.3) is 0 Å². The molecule has 0 saturated heterocycles. The van der Waals surface area contributed by atoms with Gasteiger partial charge in [-0.05, 0) is 41.3 Å². The van der Waals surface area contributed by atoms with Crippen LogP contribution in [0.2, 0.25) is 0 Å². The van der Waals surface area contributed by atoms with E-state index in [9.17, 15) is 5.11 Å². The minimum absolute atomic E-state index is 0.317. The van der Waals surface area contributed by atoms with Gasteiger partial charge in [-0.3, -0.25) is 0 Å². The maximum absolute atomic E-state index is 10.1. The van der Waals surface area contributed by atoms with Gasteiger partial charge in [0.05, 0.1) is 6.10 Å². The second kappa shape index (κ2) is 5.29. The molecule has 0 spiro atoms. The van der Waals surface area contributed by atoms with Crippen molar-refractivity contribution in [1.82, 2.24) is 0 Å².